The van der Waals surface area contributed by atoms with E-state index in [-0.39, 0.29) is 5.41 Å². The second-order valence-corrected chi connectivity index (χ2v) is 5.77. The van der Waals surface area contributed by atoms with Crippen LogP contribution >= 0.6 is 34.8 Å². The molecule has 0 heterocycles. The molecule has 0 aliphatic rings. The van der Waals surface area contributed by atoms with Crippen molar-refractivity contribution >= 4 is 40.5 Å². The van der Waals surface area contributed by atoms with E-state index < -0.39 is 5.50 Å². The van der Waals surface area contributed by atoms with Gasteiger partial charge in [0.2, 0.25) is 0 Å². The van der Waals surface area contributed by atoms with Crippen molar-refractivity contribution in [3.8, 4) is 0 Å². The molecule has 0 fully saturated rings. The molecule has 1 rings (SSSR count). The van der Waals surface area contributed by atoms with Crippen LogP contribution in [0.2, 0.25) is 10.0 Å². The van der Waals surface area contributed by atoms with Crippen LogP contribution in [0, 0.1) is 5.41 Å². The van der Waals surface area contributed by atoms with E-state index in [1.807, 2.05) is 20.8 Å². The Labute approximate surface area is 111 Å². The molecule has 88 valence electrons. The first kappa shape index (κ1) is 13.8. The smallest absolute Gasteiger partial charge is 0.149 e. The lowest BCUT2D eigenvalue weighted by molar-refractivity contribution is 0.388. The number of nitrogens with zero attached hydrogens (tertiary/aromatic N) is 2. The van der Waals surface area contributed by atoms with Gasteiger partial charge in [-0.2, -0.15) is 10.2 Å². The van der Waals surface area contributed by atoms with Crippen molar-refractivity contribution < 1.29 is 0 Å². The molecule has 1 unspecified atom stereocenters. The molecule has 0 spiro atoms. The van der Waals surface area contributed by atoms with Gasteiger partial charge in [-0.1, -0.05) is 55.6 Å². The standard InChI is InChI=1S/C11H13Cl3N2/c1-11(2,3)10(14)16-15-9-6-7(12)4-5-8(9)13/h4-6,10H,1-3H3. The zero-order valence-electron chi connectivity index (χ0n) is 9.34. The van der Waals surface area contributed by atoms with Crippen LogP contribution in [-0.2, 0) is 0 Å². The number of hydrogen-bond acceptors (Lipinski definition) is 2. The largest absolute Gasteiger partial charge is 0.168 e. The quantitative estimate of drug-likeness (QED) is 0.377. The van der Waals surface area contributed by atoms with Crippen LogP contribution in [0.1, 0.15) is 20.8 Å². The fourth-order valence-electron chi connectivity index (χ4n) is 0.849. The van der Waals surface area contributed by atoms with Gasteiger partial charge in [0.05, 0.1) is 5.02 Å². The maximum atomic E-state index is 6.06. The molecule has 0 saturated heterocycles. The molecule has 0 aliphatic carbocycles. The highest BCUT2D eigenvalue weighted by Gasteiger charge is 2.21. The summed E-state index contributed by atoms with van der Waals surface area (Å²) in [6, 6.07) is 5.03. The summed E-state index contributed by atoms with van der Waals surface area (Å²) in [5.74, 6) is 0. The summed E-state index contributed by atoms with van der Waals surface area (Å²) in [6.07, 6.45) is 0. The lowest BCUT2D eigenvalue weighted by Gasteiger charge is -2.19. The van der Waals surface area contributed by atoms with E-state index in [2.05, 4.69) is 10.2 Å². The van der Waals surface area contributed by atoms with Crippen LogP contribution in [0.5, 0.6) is 0 Å². The van der Waals surface area contributed by atoms with Crippen molar-refractivity contribution in [2.45, 2.75) is 26.3 Å². The summed E-state index contributed by atoms with van der Waals surface area (Å²) in [4.78, 5) is 0. The molecular weight excluding hydrogens is 266 g/mol. The van der Waals surface area contributed by atoms with Crippen molar-refractivity contribution in [1.82, 2.24) is 0 Å². The first-order chi connectivity index (χ1) is 7.30. The Morgan fingerprint density at radius 1 is 1.19 bits per heavy atom. The second kappa shape index (κ2) is 5.35. The molecule has 5 heteroatoms. The minimum absolute atomic E-state index is 0.143. The summed E-state index contributed by atoms with van der Waals surface area (Å²) in [5, 5.41) is 9.10. The molecule has 1 atom stereocenters. The van der Waals surface area contributed by atoms with Crippen molar-refractivity contribution in [1.29, 1.82) is 0 Å². The number of hydrogen-bond donors (Lipinski definition) is 0. The molecule has 0 radical (unpaired) electrons. The van der Waals surface area contributed by atoms with E-state index >= 15 is 0 Å². The van der Waals surface area contributed by atoms with E-state index in [9.17, 15) is 0 Å². The number of azo groups is 1. The van der Waals surface area contributed by atoms with Gasteiger partial charge in [-0.25, -0.2) is 0 Å². The summed E-state index contributed by atoms with van der Waals surface area (Å²) >= 11 is 17.8. The predicted molar refractivity (Wildman–Crippen MR) is 70.1 cm³/mol. The minimum atomic E-state index is -0.400. The van der Waals surface area contributed by atoms with Gasteiger partial charge in [0, 0.05) is 10.4 Å². The predicted octanol–water partition coefficient (Wildman–Crippen LogP) is 5.69. The van der Waals surface area contributed by atoms with E-state index in [1.54, 1.807) is 18.2 Å². The molecule has 1 aromatic rings. The van der Waals surface area contributed by atoms with Crippen LogP contribution in [0.3, 0.4) is 0 Å². The molecule has 0 N–H and O–H groups in total. The Bertz CT molecular complexity index is 397. The third-order valence-corrected chi connectivity index (χ3v) is 3.19. The fourth-order valence-corrected chi connectivity index (χ4v) is 1.21. The zero-order chi connectivity index (χ0) is 12.3. The van der Waals surface area contributed by atoms with Crippen molar-refractivity contribution in [3.05, 3.63) is 28.2 Å². The Balaban J connectivity index is 2.88. The Morgan fingerprint density at radius 3 is 2.38 bits per heavy atom. The molecular formula is C11H13Cl3N2. The van der Waals surface area contributed by atoms with Gasteiger partial charge in [-0.05, 0) is 18.2 Å². The highest BCUT2D eigenvalue weighted by atomic mass is 35.5. The van der Waals surface area contributed by atoms with Crippen molar-refractivity contribution in [2.75, 3.05) is 0 Å². The summed E-state index contributed by atoms with van der Waals surface area (Å²) in [7, 11) is 0. The minimum Gasteiger partial charge on any atom is -0.168 e. The Hall–Kier alpha value is -0.310. The molecule has 0 saturated carbocycles. The van der Waals surface area contributed by atoms with Gasteiger partial charge in [0.1, 0.15) is 11.2 Å². The molecule has 0 bridgehead atoms. The van der Waals surface area contributed by atoms with Gasteiger partial charge in [0.15, 0.2) is 0 Å². The maximum absolute atomic E-state index is 6.06. The topological polar surface area (TPSA) is 24.7 Å². The molecule has 0 aromatic heterocycles. The highest BCUT2D eigenvalue weighted by Crippen LogP contribution is 2.31. The normalized spacial score (nSPS) is 14.4. The monoisotopic (exact) mass is 278 g/mol. The first-order valence-electron chi connectivity index (χ1n) is 4.80. The number of benzene rings is 1. The van der Waals surface area contributed by atoms with Crippen LogP contribution in [0.15, 0.2) is 28.4 Å². The summed E-state index contributed by atoms with van der Waals surface area (Å²) in [6.45, 7) is 5.97. The van der Waals surface area contributed by atoms with Crippen LogP contribution in [0.25, 0.3) is 0 Å². The maximum Gasteiger partial charge on any atom is 0.149 e. The van der Waals surface area contributed by atoms with E-state index in [1.165, 1.54) is 0 Å². The fraction of sp³-hybridized carbons (Fsp3) is 0.455. The second-order valence-electron chi connectivity index (χ2n) is 4.51. The molecule has 16 heavy (non-hydrogen) atoms. The third kappa shape index (κ3) is 3.93. The SMILES string of the molecule is CC(C)(C)C(Cl)N=Nc1cc(Cl)ccc1Cl. The molecule has 0 amide bonds. The van der Waals surface area contributed by atoms with Crippen molar-refractivity contribution in [3.63, 3.8) is 0 Å². The number of rotatable bonds is 2. The summed E-state index contributed by atoms with van der Waals surface area (Å²) in [5.41, 5.74) is -0.0116. The Kier molecular flexibility index (Phi) is 4.60. The van der Waals surface area contributed by atoms with Gasteiger partial charge in [-0.15, -0.1) is 0 Å². The highest BCUT2D eigenvalue weighted by molar-refractivity contribution is 6.35. The number of alkyl halides is 1. The molecule has 0 aliphatic heterocycles. The van der Waals surface area contributed by atoms with Crippen LogP contribution < -0.4 is 0 Å². The van der Waals surface area contributed by atoms with Gasteiger partial charge in [-0.3, -0.25) is 0 Å². The lowest BCUT2D eigenvalue weighted by Crippen LogP contribution is -2.17. The molecule has 1 aromatic carbocycles. The van der Waals surface area contributed by atoms with E-state index in [0.717, 1.165) is 0 Å². The first-order valence-corrected chi connectivity index (χ1v) is 6.00. The average molecular weight is 280 g/mol. The Morgan fingerprint density at radius 2 is 1.81 bits per heavy atom. The van der Waals surface area contributed by atoms with Gasteiger partial charge < -0.3 is 0 Å². The zero-order valence-corrected chi connectivity index (χ0v) is 11.6. The number of halogens is 3. The van der Waals surface area contributed by atoms with E-state index in [0.29, 0.717) is 15.7 Å². The molecule has 2 nitrogen and oxygen atoms in total. The average Bonchev–Trinajstić information content (AvgIpc) is 2.17. The van der Waals surface area contributed by atoms with Crippen LogP contribution in [-0.4, -0.2) is 5.50 Å². The van der Waals surface area contributed by atoms with Gasteiger partial charge in [0.25, 0.3) is 0 Å². The van der Waals surface area contributed by atoms with Crippen molar-refractivity contribution in [2.24, 2.45) is 15.6 Å². The van der Waals surface area contributed by atoms with Gasteiger partial charge >= 0.3 is 0 Å². The lowest BCUT2D eigenvalue weighted by atomic mass is 9.97. The van der Waals surface area contributed by atoms with E-state index in [4.69, 9.17) is 34.8 Å². The van der Waals surface area contributed by atoms with Crippen LogP contribution in [0.4, 0.5) is 5.69 Å². The summed E-state index contributed by atoms with van der Waals surface area (Å²) < 4.78 is 0. The third-order valence-electron chi connectivity index (χ3n) is 1.89.